The molecule has 2 N–H and O–H groups in total. The number of benzene rings is 2. The maximum atomic E-state index is 12.6. The number of carbonyl (C=O) groups is 1. The van der Waals surface area contributed by atoms with Crippen molar-refractivity contribution in [1.82, 2.24) is 0 Å². The van der Waals surface area contributed by atoms with Gasteiger partial charge in [-0.1, -0.05) is 12.1 Å². The summed E-state index contributed by atoms with van der Waals surface area (Å²) in [6, 6.07) is 11.5. The molecule has 0 bridgehead atoms. The summed E-state index contributed by atoms with van der Waals surface area (Å²) in [7, 11) is 1.79. The summed E-state index contributed by atoms with van der Waals surface area (Å²) < 4.78 is 0. The third kappa shape index (κ3) is 2.67. The fraction of sp³-hybridized carbons (Fsp3) is 0.235. The Kier molecular flexibility index (Phi) is 3.79. The van der Waals surface area contributed by atoms with Crippen molar-refractivity contribution >= 4 is 17.3 Å². The summed E-state index contributed by atoms with van der Waals surface area (Å²) in [5, 5.41) is 0. The third-order valence-corrected chi connectivity index (χ3v) is 3.50. The molecule has 3 nitrogen and oxygen atoms in total. The van der Waals surface area contributed by atoms with Gasteiger partial charge in [0.05, 0.1) is 0 Å². The van der Waals surface area contributed by atoms with Crippen molar-refractivity contribution in [2.75, 3.05) is 17.7 Å². The molecule has 1 amide bonds. The molecule has 0 spiro atoms. The third-order valence-electron chi connectivity index (χ3n) is 3.50. The Morgan fingerprint density at radius 3 is 2.25 bits per heavy atom. The second-order valence-corrected chi connectivity index (χ2v) is 5.23. The van der Waals surface area contributed by atoms with E-state index in [-0.39, 0.29) is 5.91 Å². The lowest BCUT2D eigenvalue weighted by atomic mass is 10.0. The number of nitrogens with two attached hydrogens (primary N) is 1. The van der Waals surface area contributed by atoms with Gasteiger partial charge in [-0.15, -0.1) is 0 Å². The van der Waals surface area contributed by atoms with Crippen LogP contribution in [0.3, 0.4) is 0 Å². The Labute approximate surface area is 120 Å². The predicted molar refractivity (Wildman–Crippen MR) is 84.2 cm³/mol. The zero-order valence-corrected chi connectivity index (χ0v) is 12.4. The van der Waals surface area contributed by atoms with Crippen LogP contribution in [0.2, 0.25) is 0 Å². The molecule has 2 aromatic carbocycles. The van der Waals surface area contributed by atoms with Gasteiger partial charge >= 0.3 is 0 Å². The van der Waals surface area contributed by atoms with Crippen LogP contribution in [0.25, 0.3) is 0 Å². The lowest BCUT2D eigenvalue weighted by molar-refractivity contribution is 0.0992. The fourth-order valence-corrected chi connectivity index (χ4v) is 2.33. The van der Waals surface area contributed by atoms with Gasteiger partial charge in [-0.2, -0.15) is 0 Å². The van der Waals surface area contributed by atoms with Gasteiger partial charge in [-0.05, 0) is 61.7 Å². The first-order valence-electron chi connectivity index (χ1n) is 6.61. The zero-order valence-electron chi connectivity index (χ0n) is 12.4. The Balaban J connectivity index is 2.40. The van der Waals surface area contributed by atoms with Crippen LogP contribution in [0.4, 0.5) is 11.4 Å². The van der Waals surface area contributed by atoms with Gasteiger partial charge in [0.15, 0.2) is 0 Å². The Hall–Kier alpha value is -2.29. The highest BCUT2D eigenvalue weighted by atomic mass is 16.2. The van der Waals surface area contributed by atoms with Gasteiger partial charge in [-0.25, -0.2) is 0 Å². The van der Waals surface area contributed by atoms with Crippen molar-refractivity contribution in [1.29, 1.82) is 0 Å². The molecule has 0 saturated carbocycles. The molecule has 0 heterocycles. The molecule has 0 aliphatic rings. The van der Waals surface area contributed by atoms with E-state index in [1.165, 1.54) is 0 Å². The minimum atomic E-state index is -0.0419. The first-order valence-corrected chi connectivity index (χ1v) is 6.61. The molecule has 2 aromatic rings. The van der Waals surface area contributed by atoms with Crippen LogP contribution < -0.4 is 10.6 Å². The number of nitrogen functional groups attached to an aromatic ring is 1. The van der Waals surface area contributed by atoms with Crippen LogP contribution in [0, 0.1) is 20.8 Å². The second kappa shape index (κ2) is 5.37. The van der Waals surface area contributed by atoms with E-state index in [0.29, 0.717) is 11.3 Å². The van der Waals surface area contributed by atoms with Crippen molar-refractivity contribution in [3.63, 3.8) is 0 Å². The fourth-order valence-electron chi connectivity index (χ4n) is 2.33. The van der Waals surface area contributed by atoms with Crippen molar-refractivity contribution in [3.05, 3.63) is 58.7 Å². The van der Waals surface area contributed by atoms with E-state index in [4.69, 9.17) is 5.73 Å². The summed E-state index contributed by atoms with van der Waals surface area (Å²) in [6.45, 7) is 5.93. The van der Waals surface area contributed by atoms with E-state index in [2.05, 4.69) is 6.07 Å². The van der Waals surface area contributed by atoms with Crippen molar-refractivity contribution < 1.29 is 4.79 Å². The number of amides is 1. The molecular formula is C17H20N2O. The summed E-state index contributed by atoms with van der Waals surface area (Å²) >= 11 is 0. The Bertz CT molecular complexity index is 642. The van der Waals surface area contributed by atoms with E-state index in [1.807, 2.05) is 51.1 Å². The topological polar surface area (TPSA) is 46.3 Å². The highest BCUT2D eigenvalue weighted by Gasteiger charge is 2.16. The van der Waals surface area contributed by atoms with E-state index in [1.54, 1.807) is 11.9 Å². The van der Waals surface area contributed by atoms with Crippen LogP contribution in [-0.4, -0.2) is 13.0 Å². The van der Waals surface area contributed by atoms with Crippen LogP contribution in [0.15, 0.2) is 36.4 Å². The molecule has 0 aliphatic carbocycles. The van der Waals surface area contributed by atoms with Gasteiger partial charge in [0.1, 0.15) is 0 Å². The zero-order chi connectivity index (χ0) is 14.9. The van der Waals surface area contributed by atoms with Crippen LogP contribution in [-0.2, 0) is 0 Å². The van der Waals surface area contributed by atoms with Gasteiger partial charge in [0.2, 0.25) is 0 Å². The van der Waals surface area contributed by atoms with E-state index < -0.39 is 0 Å². The van der Waals surface area contributed by atoms with E-state index >= 15 is 0 Å². The molecule has 0 unspecified atom stereocenters. The molecule has 0 radical (unpaired) electrons. The lowest BCUT2D eigenvalue weighted by Gasteiger charge is -2.20. The molecule has 104 valence electrons. The largest absolute Gasteiger partial charge is 0.398 e. The van der Waals surface area contributed by atoms with Crippen LogP contribution >= 0.6 is 0 Å². The van der Waals surface area contributed by atoms with E-state index in [0.717, 1.165) is 22.4 Å². The summed E-state index contributed by atoms with van der Waals surface area (Å²) in [5.41, 5.74) is 11.2. The molecule has 0 saturated heterocycles. The number of hydrogen-bond donors (Lipinski definition) is 1. The molecule has 20 heavy (non-hydrogen) atoms. The average Bonchev–Trinajstić information content (AvgIpc) is 2.39. The molecule has 0 atom stereocenters. The maximum Gasteiger partial charge on any atom is 0.258 e. The Morgan fingerprint density at radius 2 is 1.65 bits per heavy atom. The molecule has 3 heteroatoms. The molecular weight excluding hydrogens is 248 g/mol. The minimum Gasteiger partial charge on any atom is -0.398 e. The molecule has 2 rings (SSSR count). The number of aryl methyl sites for hydroxylation is 2. The molecule has 0 aromatic heterocycles. The average molecular weight is 268 g/mol. The van der Waals surface area contributed by atoms with Crippen LogP contribution in [0.1, 0.15) is 27.0 Å². The predicted octanol–water partition coefficient (Wildman–Crippen LogP) is 3.47. The van der Waals surface area contributed by atoms with Gasteiger partial charge < -0.3 is 10.6 Å². The molecule has 0 aliphatic heterocycles. The Morgan fingerprint density at radius 1 is 1.05 bits per heavy atom. The van der Waals surface area contributed by atoms with E-state index in [9.17, 15) is 4.79 Å². The number of hydrogen-bond acceptors (Lipinski definition) is 2. The molecule has 0 fully saturated rings. The number of nitrogens with zero attached hydrogens (tertiary/aromatic N) is 1. The van der Waals surface area contributed by atoms with Crippen molar-refractivity contribution in [2.24, 2.45) is 0 Å². The lowest BCUT2D eigenvalue weighted by Crippen LogP contribution is -2.27. The monoisotopic (exact) mass is 268 g/mol. The van der Waals surface area contributed by atoms with Crippen molar-refractivity contribution in [2.45, 2.75) is 20.8 Å². The maximum absolute atomic E-state index is 12.6. The quantitative estimate of drug-likeness (QED) is 0.848. The van der Waals surface area contributed by atoms with Gasteiger partial charge in [-0.3, -0.25) is 4.79 Å². The standard InChI is InChI=1S/C17H20N2O/c1-11-8-12(2)10-14(9-11)19(4)17(20)15-6-5-7-16(18)13(15)3/h5-10H,18H2,1-4H3. The van der Waals surface area contributed by atoms with Gasteiger partial charge in [0, 0.05) is 24.0 Å². The highest BCUT2D eigenvalue weighted by Crippen LogP contribution is 2.22. The normalized spacial score (nSPS) is 10.4. The SMILES string of the molecule is Cc1cc(C)cc(N(C)C(=O)c2cccc(N)c2C)c1. The first-order chi connectivity index (χ1) is 9.40. The van der Waals surface area contributed by atoms with Gasteiger partial charge in [0.25, 0.3) is 5.91 Å². The summed E-state index contributed by atoms with van der Waals surface area (Å²) in [5.74, 6) is -0.0419. The number of rotatable bonds is 2. The summed E-state index contributed by atoms with van der Waals surface area (Å²) in [4.78, 5) is 14.3. The minimum absolute atomic E-state index is 0.0419. The smallest absolute Gasteiger partial charge is 0.258 e. The first kappa shape index (κ1) is 14.1. The summed E-state index contributed by atoms with van der Waals surface area (Å²) in [6.07, 6.45) is 0. The highest BCUT2D eigenvalue weighted by molar-refractivity contribution is 6.07. The van der Waals surface area contributed by atoms with Crippen molar-refractivity contribution in [3.8, 4) is 0 Å². The number of carbonyl (C=O) groups excluding carboxylic acids is 1. The van der Waals surface area contributed by atoms with Crippen LogP contribution in [0.5, 0.6) is 0 Å². The number of anilines is 2. The second-order valence-electron chi connectivity index (χ2n) is 5.23.